The van der Waals surface area contributed by atoms with E-state index in [0.717, 1.165) is 69.6 Å². The highest BCUT2D eigenvalue weighted by molar-refractivity contribution is 5.71. The van der Waals surface area contributed by atoms with Crippen LogP contribution >= 0.6 is 0 Å². The van der Waals surface area contributed by atoms with E-state index in [9.17, 15) is 14.4 Å². The molecule has 0 aliphatic heterocycles. The number of hydrogen-bond donors (Lipinski definition) is 0. The molecule has 434 valence electrons. The van der Waals surface area contributed by atoms with Gasteiger partial charge in [0.05, 0.1) is 0 Å². The van der Waals surface area contributed by atoms with Crippen LogP contribution in [0, 0.1) is 11.8 Å². The Morgan fingerprint density at radius 2 is 0.452 bits per heavy atom. The molecule has 6 heteroatoms. The third-order valence-corrected chi connectivity index (χ3v) is 15.5. The molecule has 0 aromatic rings. The summed E-state index contributed by atoms with van der Waals surface area (Å²) in [6.07, 6.45) is 66.8. The molecule has 0 heterocycles. The molecule has 0 saturated carbocycles. The van der Waals surface area contributed by atoms with Gasteiger partial charge in [-0.2, -0.15) is 0 Å². The molecule has 1 atom stereocenters. The third-order valence-electron chi connectivity index (χ3n) is 15.5. The lowest BCUT2D eigenvalue weighted by Gasteiger charge is -2.18. The Balaban J connectivity index is 4.28. The first-order valence-corrected chi connectivity index (χ1v) is 33.2. The second-order valence-corrected chi connectivity index (χ2v) is 24.1. The predicted molar refractivity (Wildman–Crippen MR) is 316 cm³/mol. The van der Waals surface area contributed by atoms with E-state index in [1.54, 1.807) is 0 Å². The molecule has 0 radical (unpaired) electrons. The second-order valence-electron chi connectivity index (χ2n) is 24.1. The fraction of sp³-hybridized carbons (Fsp3) is 0.955. The summed E-state index contributed by atoms with van der Waals surface area (Å²) in [7, 11) is 0. The molecule has 0 amide bonds. The molecule has 0 aliphatic rings. The van der Waals surface area contributed by atoms with Gasteiger partial charge in [0.15, 0.2) is 6.10 Å². The number of carbonyl (C=O) groups excluding carboxylic acids is 3. The van der Waals surface area contributed by atoms with Crippen molar-refractivity contribution in [1.82, 2.24) is 0 Å². The van der Waals surface area contributed by atoms with E-state index in [0.29, 0.717) is 19.3 Å². The summed E-state index contributed by atoms with van der Waals surface area (Å²) in [6.45, 7) is 11.5. The van der Waals surface area contributed by atoms with Crippen molar-refractivity contribution in [3.05, 3.63) is 0 Å². The molecule has 0 bridgehead atoms. The van der Waals surface area contributed by atoms with Crippen molar-refractivity contribution in [3.63, 3.8) is 0 Å². The summed E-state index contributed by atoms with van der Waals surface area (Å²) in [5.74, 6) is 0.870. The number of ether oxygens (including phenoxy) is 3. The monoisotopic (exact) mass is 1030 g/mol. The van der Waals surface area contributed by atoms with Crippen LogP contribution in [0.5, 0.6) is 0 Å². The van der Waals surface area contributed by atoms with Crippen LogP contribution < -0.4 is 0 Å². The first-order chi connectivity index (χ1) is 35.7. The molecule has 0 fully saturated rings. The third kappa shape index (κ3) is 61.1. The lowest BCUT2D eigenvalue weighted by Crippen LogP contribution is -2.30. The maximum absolute atomic E-state index is 12.9. The maximum atomic E-state index is 12.9. The van der Waals surface area contributed by atoms with Gasteiger partial charge >= 0.3 is 17.9 Å². The first-order valence-electron chi connectivity index (χ1n) is 33.2. The smallest absolute Gasteiger partial charge is 0.306 e. The fourth-order valence-electron chi connectivity index (χ4n) is 10.5. The molecular weight excluding hydrogens is 901 g/mol. The van der Waals surface area contributed by atoms with E-state index < -0.39 is 6.10 Å². The summed E-state index contributed by atoms with van der Waals surface area (Å²) >= 11 is 0. The van der Waals surface area contributed by atoms with E-state index in [1.165, 1.54) is 270 Å². The highest BCUT2D eigenvalue weighted by Gasteiger charge is 2.19. The van der Waals surface area contributed by atoms with Crippen LogP contribution in [0.1, 0.15) is 381 Å². The number of esters is 3. The molecular formula is C67H130O6. The Labute approximate surface area is 457 Å². The van der Waals surface area contributed by atoms with Gasteiger partial charge in [0.25, 0.3) is 0 Å². The Morgan fingerprint density at radius 1 is 0.260 bits per heavy atom. The van der Waals surface area contributed by atoms with Crippen molar-refractivity contribution in [2.24, 2.45) is 11.8 Å². The molecule has 0 unspecified atom stereocenters. The normalized spacial score (nSPS) is 12.0. The van der Waals surface area contributed by atoms with E-state index in [1.807, 2.05) is 0 Å². The largest absolute Gasteiger partial charge is 0.462 e. The van der Waals surface area contributed by atoms with Gasteiger partial charge in [-0.1, -0.05) is 343 Å². The number of hydrogen-bond acceptors (Lipinski definition) is 6. The fourth-order valence-corrected chi connectivity index (χ4v) is 10.5. The topological polar surface area (TPSA) is 78.9 Å². The quantitative estimate of drug-likeness (QED) is 0.0343. The molecule has 6 nitrogen and oxygen atoms in total. The minimum absolute atomic E-state index is 0.0616. The van der Waals surface area contributed by atoms with Crippen molar-refractivity contribution >= 4 is 17.9 Å². The van der Waals surface area contributed by atoms with Crippen molar-refractivity contribution in [1.29, 1.82) is 0 Å². The van der Waals surface area contributed by atoms with Gasteiger partial charge in [0, 0.05) is 19.3 Å². The number of carbonyl (C=O) groups is 3. The Bertz CT molecular complexity index is 1120. The number of unbranched alkanes of at least 4 members (excludes halogenated alkanes) is 46. The van der Waals surface area contributed by atoms with E-state index in [2.05, 4.69) is 34.6 Å². The Hall–Kier alpha value is -1.59. The Kier molecular flexibility index (Phi) is 58.4. The molecule has 0 aliphatic carbocycles. The minimum atomic E-state index is -0.764. The van der Waals surface area contributed by atoms with Gasteiger partial charge in [-0.05, 0) is 31.1 Å². The minimum Gasteiger partial charge on any atom is -0.462 e. The van der Waals surface area contributed by atoms with Crippen LogP contribution in [0.2, 0.25) is 0 Å². The van der Waals surface area contributed by atoms with Crippen molar-refractivity contribution in [3.8, 4) is 0 Å². The van der Waals surface area contributed by atoms with Crippen LogP contribution in [-0.4, -0.2) is 37.2 Å². The highest BCUT2D eigenvalue weighted by atomic mass is 16.6. The zero-order valence-corrected chi connectivity index (χ0v) is 50.3. The zero-order valence-electron chi connectivity index (χ0n) is 50.3. The van der Waals surface area contributed by atoms with Gasteiger partial charge < -0.3 is 14.2 Å². The average molecular weight is 1030 g/mol. The molecule has 73 heavy (non-hydrogen) atoms. The van der Waals surface area contributed by atoms with Crippen LogP contribution in [0.3, 0.4) is 0 Å². The van der Waals surface area contributed by atoms with Crippen LogP contribution in [0.25, 0.3) is 0 Å². The second kappa shape index (κ2) is 59.7. The SMILES string of the molecule is CCCCCCCCCCCCCCCCCCCCCC(=O)O[C@H](COC(=O)CCCCCCCCCCCCCCCCCCC(C)C)COC(=O)CCCCCCCCCCCCCCCCC(C)C. The van der Waals surface area contributed by atoms with Gasteiger partial charge in [-0.3, -0.25) is 14.4 Å². The summed E-state index contributed by atoms with van der Waals surface area (Å²) in [4.78, 5) is 38.4. The lowest BCUT2D eigenvalue weighted by molar-refractivity contribution is -0.167. The van der Waals surface area contributed by atoms with Crippen LogP contribution in [0.15, 0.2) is 0 Å². The summed E-state index contributed by atoms with van der Waals surface area (Å²) in [5.41, 5.74) is 0. The molecule has 0 saturated heterocycles. The van der Waals surface area contributed by atoms with Gasteiger partial charge in [-0.25, -0.2) is 0 Å². The summed E-state index contributed by atoms with van der Waals surface area (Å²) < 4.78 is 17.0. The van der Waals surface area contributed by atoms with Crippen LogP contribution in [-0.2, 0) is 28.6 Å². The van der Waals surface area contributed by atoms with E-state index >= 15 is 0 Å². The van der Waals surface area contributed by atoms with Gasteiger partial charge in [0.2, 0.25) is 0 Å². The highest BCUT2D eigenvalue weighted by Crippen LogP contribution is 2.19. The Morgan fingerprint density at radius 3 is 0.671 bits per heavy atom. The van der Waals surface area contributed by atoms with Gasteiger partial charge in [0.1, 0.15) is 13.2 Å². The number of rotatable bonds is 61. The van der Waals surface area contributed by atoms with Crippen LogP contribution in [0.4, 0.5) is 0 Å². The van der Waals surface area contributed by atoms with E-state index in [4.69, 9.17) is 14.2 Å². The molecule has 0 N–H and O–H groups in total. The molecule has 0 spiro atoms. The average Bonchev–Trinajstić information content (AvgIpc) is 3.37. The predicted octanol–water partition coefficient (Wildman–Crippen LogP) is 22.4. The van der Waals surface area contributed by atoms with Crippen molar-refractivity contribution < 1.29 is 28.6 Å². The van der Waals surface area contributed by atoms with E-state index in [-0.39, 0.29) is 31.1 Å². The lowest BCUT2D eigenvalue weighted by atomic mass is 10.0. The first kappa shape index (κ1) is 71.4. The molecule has 0 aromatic carbocycles. The summed E-state index contributed by atoms with van der Waals surface area (Å²) in [6, 6.07) is 0. The van der Waals surface area contributed by atoms with Gasteiger partial charge in [-0.15, -0.1) is 0 Å². The van der Waals surface area contributed by atoms with Crippen molar-refractivity contribution in [2.75, 3.05) is 13.2 Å². The summed E-state index contributed by atoms with van der Waals surface area (Å²) in [5, 5.41) is 0. The molecule has 0 rings (SSSR count). The maximum Gasteiger partial charge on any atom is 0.306 e. The standard InChI is InChI=1S/C67H130O6/c1-6-7-8-9-10-11-12-13-14-15-16-17-22-29-34-39-44-49-54-59-67(70)73-64(61-72-66(69)58-53-48-43-38-33-28-24-23-26-31-36-41-46-51-56-63(4)5)60-71-65(68)57-52-47-42-37-32-27-21-19-18-20-25-30-35-40-45-50-55-62(2)3/h62-64H,6-61H2,1-5H3/t64-/m1/s1. The zero-order chi connectivity index (χ0) is 53.2. The van der Waals surface area contributed by atoms with Crippen molar-refractivity contribution in [2.45, 2.75) is 387 Å². The molecule has 0 aromatic heterocycles.